The van der Waals surface area contributed by atoms with Crippen LogP contribution in [0.15, 0.2) is 67.3 Å². The van der Waals surface area contributed by atoms with Crippen molar-refractivity contribution in [2.75, 3.05) is 25.1 Å². The van der Waals surface area contributed by atoms with E-state index >= 15 is 0 Å². The molecule has 2 aromatic heterocycles. The van der Waals surface area contributed by atoms with Gasteiger partial charge in [-0.3, -0.25) is 9.36 Å². The molecule has 5 heterocycles. The van der Waals surface area contributed by atoms with E-state index in [9.17, 15) is 19.6 Å². The van der Waals surface area contributed by atoms with Crippen molar-refractivity contribution in [3.63, 3.8) is 0 Å². The zero-order valence-corrected chi connectivity index (χ0v) is 35.0. The number of carbonyl (C=O) groups is 3. The standard InChI is InChI=1S/C39H50N6O9Si2/c1-23(2)55(24(3)4)51-20-30-32(53-56(54-55,25(5)6)26(7)8)33(50-19-18-45(49)38(47)28-16-12-13-17-29(28)39(45)48)37(52-30)44-22-42-31-34(40-21-41-35(31)44)43-36(46)27-14-10-9-11-15-27/h9-17,21-26,30,32-33,37,49H,18-20H2,1-8H3/p+1/t30-,32-,33-,37-/m1/s1. The quantitative estimate of drug-likeness (QED) is 0.0729. The van der Waals surface area contributed by atoms with Crippen LogP contribution in [0, 0.1) is 0 Å². The lowest BCUT2D eigenvalue weighted by molar-refractivity contribution is -0.965. The second-order valence-corrected chi connectivity index (χ2v) is 24.8. The predicted octanol–water partition coefficient (Wildman–Crippen LogP) is 6.52. The molecule has 0 bridgehead atoms. The highest BCUT2D eigenvalue weighted by Gasteiger charge is 2.62. The lowest BCUT2D eigenvalue weighted by Gasteiger charge is -2.51. The number of carbonyl (C=O) groups excluding carboxylic acids is 3. The van der Waals surface area contributed by atoms with Gasteiger partial charge < -0.3 is 27.8 Å². The Balaban J connectivity index is 1.27. The Bertz CT molecular complexity index is 2060. The van der Waals surface area contributed by atoms with Crippen LogP contribution in [0.25, 0.3) is 11.2 Å². The number of quaternary nitrogens is 1. The van der Waals surface area contributed by atoms with E-state index in [4.69, 9.17) is 22.4 Å². The first-order chi connectivity index (χ1) is 26.6. The molecule has 0 spiro atoms. The Labute approximate surface area is 328 Å². The molecule has 56 heavy (non-hydrogen) atoms. The van der Waals surface area contributed by atoms with E-state index in [1.807, 2.05) is 6.07 Å². The van der Waals surface area contributed by atoms with Gasteiger partial charge in [-0.1, -0.05) is 85.7 Å². The van der Waals surface area contributed by atoms with Gasteiger partial charge in [-0.05, 0) is 51.1 Å². The van der Waals surface area contributed by atoms with Crippen LogP contribution in [-0.2, 0) is 22.4 Å². The van der Waals surface area contributed by atoms with Crippen LogP contribution >= 0.6 is 0 Å². The lowest BCUT2D eigenvalue weighted by Crippen LogP contribution is -2.66. The number of anilines is 1. The normalized spacial score (nSPS) is 24.2. The molecule has 3 aliphatic heterocycles. The predicted molar refractivity (Wildman–Crippen MR) is 209 cm³/mol. The summed E-state index contributed by atoms with van der Waals surface area (Å²) in [5.74, 6) is -1.58. The number of imide groups is 1. The molecular formula is C39H51N6O9Si2+. The number of hydrogen-bond acceptors (Lipinski definition) is 12. The van der Waals surface area contributed by atoms with E-state index in [1.54, 1.807) is 47.3 Å². The number of ether oxygens (including phenoxy) is 2. The molecule has 2 fully saturated rings. The minimum absolute atomic E-state index is 0.0103. The summed E-state index contributed by atoms with van der Waals surface area (Å²) in [5.41, 5.74) is 1.71. The van der Waals surface area contributed by atoms with Crippen molar-refractivity contribution in [1.82, 2.24) is 19.5 Å². The zero-order valence-electron chi connectivity index (χ0n) is 33.0. The maximum Gasteiger partial charge on any atom is 0.386 e. The summed E-state index contributed by atoms with van der Waals surface area (Å²) in [6, 6.07) is 15.1. The summed E-state index contributed by atoms with van der Waals surface area (Å²) in [4.78, 5) is 53.4. The number of fused-ring (bicyclic) bond motifs is 3. The Morgan fingerprint density at radius 2 is 1.50 bits per heavy atom. The number of amides is 3. The average molecular weight is 804 g/mol. The van der Waals surface area contributed by atoms with E-state index in [2.05, 4.69) is 75.7 Å². The summed E-state index contributed by atoms with van der Waals surface area (Å²) in [5, 5.41) is 14.4. The first-order valence-electron chi connectivity index (χ1n) is 19.3. The van der Waals surface area contributed by atoms with E-state index in [0.29, 0.717) is 16.7 Å². The fraction of sp³-hybridized carbons (Fsp3) is 0.487. The highest BCUT2D eigenvalue weighted by Crippen LogP contribution is 2.49. The van der Waals surface area contributed by atoms with Gasteiger partial charge in [0.05, 0.1) is 24.1 Å². The van der Waals surface area contributed by atoms with Gasteiger partial charge >= 0.3 is 28.9 Å². The van der Waals surface area contributed by atoms with Gasteiger partial charge in [-0.25, -0.2) is 29.7 Å². The SMILES string of the molecule is CC(C)[Si]1(C(C)C)OC[C@H]2O[C@@H](n3cnc4c(NC(=O)c5ccccc5)ncnc43)[C@H](OCC[N+]3(O)C(=O)c4ccccc4C3=O)[C@@H]2O[Si](C(C)C)(C(C)C)O1. The first-order valence-corrected chi connectivity index (χ1v) is 23.2. The van der Waals surface area contributed by atoms with Crippen molar-refractivity contribution in [2.24, 2.45) is 0 Å². The van der Waals surface area contributed by atoms with Crippen molar-refractivity contribution in [3.05, 3.63) is 83.9 Å². The van der Waals surface area contributed by atoms with E-state index in [0.717, 1.165) is 0 Å². The van der Waals surface area contributed by atoms with Gasteiger partial charge in [-0.15, -0.1) is 0 Å². The third kappa shape index (κ3) is 6.67. The number of aromatic nitrogens is 4. The van der Waals surface area contributed by atoms with Crippen LogP contribution in [0.5, 0.6) is 0 Å². The molecule has 298 valence electrons. The molecule has 2 N–H and O–H groups in total. The molecule has 15 nitrogen and oxygen atoms in total. The van der Waals surface area contributed by atoms with Gasteiger partial charge in [0.15, 0.2) is 23.2 Å². The zero-order chi connectivity index (χ0) is 40.2. The van der Waals surface area contributed by atoms with Crippen LogP contribution in [0.1, 0.15) is 92.7 Å². The number of hydrogen-bond donors (Lipinski definition) is 2. The van der Waals surface area contributed by atoms with Gasteiger partial charge in [0.2, 0.25) is 0 Å². The van der Waals surface area contributed by atoms with Gasteiger partial charge in [0.25, 0.3) is 5.91 Å². The van der Waals surface area contributed by atoms with Gasteiger partial charge in [0.1, 0.15) is 37.8 Å². The summed E-state index contributed by atoms with van der Waals surface area (Å²) < 4.78 is 35.6. The molecule has 3 amide bonds. The van der Waals surface area contributed by atoms with Crippen LogP contribution in [0.2, 0.25) is 22.2 Å². The highest BCUT2D eigenvalue weighted by atomic mass is 28.5. The molecule has 2 saturated heterocycles. The third-order valence-electron chi connectivity index (χ3n) is 11.3. The number of benzene rings is 2. The highest BCUT2D eigenvalue weighted by molar-refractivity contribution is 6.84. The Morgan fingerprint density at radius 1 is 0.893 bits per heavy atom. The lowest BCUT2D eigenvalue weighted by atomic mass is 10.1. The molecule has 4 atom stereocenters. The van der Waals surface area contributed by atoms with Crippen molar-refractivity contribution < 1.29 is 46.7 Å². The molecule has 0 aliphatic carbocycles. The Kier molecular flexibility index (Phi) is 11.0. The van der Waals surface area contributed by atoms with Crippen molar-refractivity contribution >= 4 is 51.8 Å². The van der Waals surface area contributed by atoms with Crippen LogP contribution in [-0.4, -0.2) is 102 Å². The number of rotatable bonds is 11. The van der Waals surface area contributed by atoms with Crippen LogP contribution in [0.3, 0.4) is 0 Å². The number of hydroxylamine groups is 3. The molecule has 3 aliphatic rings. The molecule has 0 radical (unpaired) electrons. The largest absolute Gasteiger partial charge is 0.414 e. The maximum absolute atomic E-state index is 13.4. The van der Waals surface area contributed by atoms with Crippen molar-refractivity contribution in [1.29, 1.82) is 0 Å². The summed E-state index contributed by atoms with van der Waals surface area (Å²) in [6.07, 6.45) is -0.245. The minimum atomic E-state index is -3.16. The topological polar surface area (TPSA) is 173 Å². The molecule has 17 heteroatoms. The molecule has 0 unspecified atom stereocenters. The Morgan fingerprint density at radius 3 is 2.11 bits per heavy atom. The van der Waals surface area contributed by atoms with Gasteiger partial charge in [-0.2, -0.15) is 0 Å². The minimum Gasteiger partial charge on any atom is -0.414 e. The molecule has 7 rings (SSSR count). The number of nitrogens with zero attached hydrogens (tertiary/aromatic N) is 5. The molecule has 2 aromatic carbocycles. The fourth-order valence-electron chi connectivity index (χ4n) is 8.29. The second kappa shape index (κ2) is 15.4. The summed E-state index contributed by atoms with van der Waals surface area (Å²) >= 11 is 0. The molecule has 0 saturated carbocycles. The first kappa shape index (κ1) is 40.2. The summed E-state index contributed by atoms with van der Waals surface area (Å²) in [6.45, 7) is 16.7. The average Bonchev–Trinajstić information content (AvgIpc) is 3.80. The monoisotopic (exact) mass is 803 g/mol. The number of nitrogens with one attached hydrogen (secondary N) is 1. The van der Waals surface area contributed by atoms with Gasteiger partial charge in [0, 0.05) is 5.56 Å². The molecule has 4 aromatic rings. The van der Waals surface area contributed by atoms with E-state index in [-0.39, 0.29) is 64.8 Å². The number of imidazole rings is 1. The maximum atomic E-state index is 13.4. The van der Waals surface area contributed by atoms with E-state index < -0.39 is 58.1 Å². The summed E-state index contributed by atoms with van der Waals surface area (Å²) in [7, 11) is -6.08. The van der Waals surface area contributed by atoms with Crippen LogP contribution < -0.4 is 5.32 Å². The third-order valence-corrected chi connectivity index (χ3v) is 21.6. The smallest absolute Gasteiger partial charge is 0.386 e. The van der Waals surface area contributed by atoms with E-state index in [1.165, 1.54) is 18.5 Å². The fourth-order valence-corrected chi connectivity index (χ4v) is 19.5. The van der Waals surface area contributed by atoms with Crippen molar-refractivity contribution in [3.8, 4) is 0 Å². The second-order valence-electron chi connectivity index (χ2n) is 16.0. The van der Waals surface area contributed by atoms with Crippen LogP contribution in [0.4, 0.5) is 5.82 Å². The van der Waals surface area contributed by atoms with Crippen molar-refractivity contribution in [2.45, 2.75) is 102 Å². The Hall–Kier alpha value is -4.05. The molecular weight excluding hydrogens is 753 g/mol.